The molecule has 0 radical (unpaired) electrons. The molecule has 0 bridgehead atoms. The van der Waals surface area contributed by atoms with Crippen molar-refractivity contribution in [2.24, 2.45) is 0 Å². The van der Waals surface area contributed by atoms with Crippen molar-refractivity contribution >= 4 is 5.69 Å². The fourth-order valence-electron chi connectivity index (χ4n) is 2.31. The number of likely N-dealkylation sites (tertiary alicyclic amines) is 1. The van der Waals surface area contributed by atoms with E-state index in [1.54, 1.807) is 6.07 Å². The first-order chi connectivity index (χ1) is 8.25. The summed E-state index contributed by atoms with van der Waals surface area (Å²) in [6.45, 7) is 6.42. The van der Waals surface area contributed by atoms with Crippen LogP contribution in [0.1, 0.15) is 24.8 Å². The number of rotatable bonds is 5. The van der Waals surface area contributed by atoms with Crippen molar-refractivity contribution in [3.05, 3.63) is 29.6 Å². The molecule has 0 unspecified atom stereocenters. The summed E-state index contributed by atoms with van der Waals surface area (Å²) in [6.07, 6.45) is 3.74. The van der Waals surface area contributed by atoms with Gasteiger partial charge in [-0.25, -0.2) is 4.39 Å². The molecule has 1 N–H and O–H groups in total. The van der Waals surface area contributed by atoms with Crippen LogP contribution in [0.5, 0.6) is 0 Å². The van der Waals surface area contributed by atoms with Crippen LogP contribution in [0.25, 0.3) is 0 Å². The van der Waals surface area contributed by atoms with Crippen LogP contribution in [0, 0.1) is 12.7 Å². The number of anilines is 1. The molecule has 94 valence electrons. The molecule has 0 aliphatic carbocycles. The number of halogens is 1. The smallest absolute Gasteiger partial charge is 0.146 e. The molecular formula is C14H21FN2. The average Bonchev–Trinajstić information content (AvgIpc) is 2.82. The maximum absolute atomic E-state index is 13.4. The van der Waals surface area contributed by atoms with Gasteiger partial charge >= 0.3 is 0 Å². The van der Waals surface area contributed by atoms with Gasteiger partial charge in [-0.15, -0.1) is 0 Å². The lowest BCUT2D eigenvalue weighted by Crippen LogP contribution is -2.22. The van der Waals surface area contributed by atoms with Crippen LogP contribution in [0.15, 0.2) is 18.2 Å². The van der Waals surface area contributed by atoms with Gasteiger partial charge in [-0.3, -0.25) is 0 Å². The molecule has 0 saturated carbocycles. The molecule has 0 aromatic heterocycles. The minimum atomic E-state index is -0.156. The van der Waals surface area contributed by atoms with Gasteiger partial charge in [-0.1, -0.05) is 6.07 Å². The number of nitrogens with one attached hydrogen (secondary N) is 1. The highest BCUT2D eigenvalue weighted by molar-refractivity contribution is 5.46. The van der Waals surface area contributed by atoms with Crippen molar-refractivity contribution in [1.82, 2.24) is 4.90 Å². The molecule has 0 amide bonds. The third kappa shape index (κ3) is 3.70. The monoisotopic (exact) mass is 236 g/mol. The van der Waals surface area contributed by atoms with Crippen molar-refractivity contribution in [3.8, 4) is 0 Å². The molecule has 1 aromatic rings. The predicted molar refractivity (Wildman–Crippen MR) is 69.9 cm³/mol. The van der Waals surface area contributed by atoms with E-state index in [4.69, 9.17) is 0 Å². The third-order valence-electron chi connectivity index (χ3n) is 3.29. The normalized spacial score (nSPS) is 16.4. The number of hydrogen-bond donors (Lipinski definition) is 1. The van der Waals surface area contributed by atoms with Gasteiger partial charge in [0.15, 0.2) is 0 Å². The Morgan fingerprint density at radius 3 is 2.82 bits per heavy atom. The summed E-state index contributed by atoms with van der Waals surface area (Å²) in [5.41, 5.74) is 1.72. The summed E-state index contributed by atoms with van der Waals surface area (Å²) in [5.74, 6) is -0.156. The van der Waals surface area contributed by atoms with Gasteiger partial charge in [-0.2, -0.15) is 0 Å². The van der Waals surface area contributed by atoms with E-state index in [1.165, 1.54) is 32.0 Å². The summed E-state index contributed by atoms with van der Waals surface area (Å²) in [4.78, 5) is 2.48. The van der Waals surface area contributed by atoms with Crippen LogP contribution >= 0.6 is 0 Å². The molecular weight excluding hydrogens is 215 g/mol. The van der Waals surface area contributed by atoms with E-state index in [2.05, 4.69) is 10.2 Å². The van der Waals surface area contributed by atoms with E-state index >= 15 is 0 Å². The Labute approximate surface area is 103 Å². The number of nitrogens with zero attached hydrogens (tertiary/aromatic N) is 1. The largest absolute Gasteiger partial charge is 0.383 e. The standard InChI is InChI=1S/C14H21FN2/c1-12-5-6-13(15)14(11-12)16-7-4-10-17-8-2-3-9-17/h5-6,11,16H,2-4,7-10H2,1H3. The molecule has 2 nitrogen and oxygen atoms in total. The van der Waals surface area contributed by atoms with E-state index in [0.717, 1.165) is 25.1 Å². The van der Waals surface area contributed by atoms with Crippen LogP contribution in [-0.2, 0) is 0 Å². The van der Waals surface area contributed by atoms with E-state index in [1.807, 2.05) is 13.0 Å². The predicted octanol–water partition coefficient (Wildman–Crippen LogP) is 3.03. The molecule has 1 fully saturated rings. The lowest BCUT2D eigenvalue weighted by Gasteiger charge is -2.15. The molecule has 2 rings (SSSR count). The Morgan fingerprint density at radius 1 is 1.29 bits per heavy atom. The van der Waals surface area contributed by atoms with Gasteiger partial charge in [-0.05, 0) is 63.5 Å². The molecule has 1 saturated heterocycles. The summed E-state index contributed by atoms with van der Waals surface area (Å²) in [7, 11) is 0. The Hall–Kier alpha value is -1.09. The lowest BCUT2D eigenvalue weighted by atomic mass is 10.2. The zero-order valence-electron chi connectivity index (χ0n) is 10.5. The maximum Gasteiger partial charge on any atom is 0.146 e. The summed E-state index contributed by atoms with van der Waals surface area (Å²) < 4.78 is 13.4. The minimum Gasteiger partial charge on any atom is -0.383 e. The van der Waals surface area contributed by atoms with Crippen LogP contribution in [0.2, 0.25) is 0 Å². The lowest BCUT2D eigenvalue weighted by molar-refractivity contribution is 0.337. The van der Waals surface area contributed by atoms with Crippen molar-refractivity contribution in [2.45, 2.75) is 26.2 Å². The highest BCUT2D eigenvalue weighted by atomic mass is 19.1. The van der Waals surface area contributed by atoms with Crippen molar-refractivity contribution in [2.75, 3.05) is 31.5 Å². The van der Waals surface area contributed by atoms with Crippen LogP contribution in [0.4, 0.5) is 10.1 Å². The van der Waals surface area contributed by atoms with Crippen LogP contribution < -0.4 is 5.32 Å². The Kier molecular flexibility index (Phi) is 4.37. The van der Waals surface area contributed by atoms with Crippen LogP contribution in [-0.4, -0.2) is 31.1 Å². The number of benzene rings is 1. The molecule has 1 aliphatic rings. The summed E-state index contributed by atoms with van der Waals surface area (Å²) >= 11 is 0. The average molecular weight is 236 g/mol. The maximum atomic E-state index is 13.4. The molecule has 17 heavy (non-hydrogen) atoms. The highest BCUT2D eigenvalue weighted by Gasteiger charge is 2.10. The quantitative estimate of drug-likeness (QED) is 0.791. The molecule has 3 heteroatoms. The van der Waals surface area contributed by atoms with Crippen molar-refractivity contribution in [1.29, 1.82) is 0 Å². The topological polar surface area (TPSA) is 15.3 Å². The first-order valence-corrected chi connectivity index (χ1v) is 6.48. The van der Waals surface area contributed by atoms with Gasteiger partial charge in [0.2, 0.25) is 0 Å². The second-order valence-corrected chi connectivity index (χ2v) is 4.81. The number of hydrogen-bond acceptors (Lipinski definition) is 2. The highest BCUT2D eigenvalue weighted by Crippen LogP contribution is 2.15. The van der Waals surface area contributed by atoms with Gasteiger partial charge in [0.1, 0.15) is 5.82 Å². The Balaban J connectivity index is 1.72. The van der Waals surface area contributed by atoms with Crippen LogP contribution in [0.3, 0.4) is 0 Å². The van der Waals surface area contributed by atoms with Gasteiger partial charge in [0.25, 0.3) is 0 Å². The Morgan fingerprint density at radius 2 is 2.06 bits per heavy atom. The van der Waals surface area contributed by atoms with E-state index in [9.17, 15) is 4.39 Å². The molecule has 1 heterocycles. The molecule has 1 aliphatic heterocycles. The van der Waals surface area contributed by atoms with E-state index in [0.29, 0.717) is 5.69 Å². The van der Waals surface area contributed by atoms with E-state index < -0.39 is 0 Å². The first kappa shape index (κ1) is 12.4. The molecule has 0 atom stereocenters. The van der Waals surface area contributed by atoms with Gasteiger partial charge in [0.05, 0.1) is 5.69 Å². The van der Waals surface area contributed by atoms with Crippen molar-refractivity contribution < 1.29 is 4.39 Å². The van der Waals surface area contributed by atoms with Crippen molar-refractivity contribution in [3.63, 3.8) is 0 Å². The van der Waals surface area contributed by atoms with Gasteiger partial charge in [0, 0.05) is 6.54 Å². The second kappa shape index (κ2) is 6.01. The SMILES string of the molecule is Cc1ccc(F)c(NCCCN2CCCC2)c1. The Bertz CT molecular complexity index is 359. The fraction of sp³-hybridized carbons (Fsp3) is 0.571. The third-order valence-corrected chi connectivity index (χ3v) is 3.29. The summed E-state index contributed by atoms with van der Waals surface area (Å²) in [5, 5.41) is 3.18. The zero-order chi connectivity index (χ0) is 12.1. The zero-order valence-corrected chi connectivity index (χ0v) is 10.5. The minimum absolute atomic E-state index is 0.156. The number of aryl methyl sites for hydroxylation is 1. The molecule has 1 aromatic carbocycles. The first-order valence-electron chi connectivity index (χ1n) is 6.48. The fourth-order valence-corrected chi connectivity index (χ4v) is 2.31. The van der Waals surface area contributed by atoms with Gasteiger partial charge < -0.3 is 10.2 Å². The van der Waals surface area contributed by atoms with E-state index in [-0.39, 0.29) is 5.82 Å². The summed E-state index contributed by atoms with van der Waals surface area (Å²) in [6, 6.07) is 5.19. The molecule has 0 spiro atoms. The second-order valence-electron chi connectivity index (χ2n) is 4.81.